The van der Waals surface area contributed by atoms with Gasteiger partial charge in [-0.3, -0.25) is 4.98 Å². The topological polar surface area (TPSA) is 34.2 Å². The van der Waals surface area contributed by atoms with E-state index in [0.717, 1.165) is 17.9 Å². The van der Waals surface area contributed by atoms with E-state index in [9.17, 15) is 0 Å². The van der Waals surface area contributed by atoms with Crippen LogP contribution in [0.15, 0.2) is 42.7 Å². The van der Waals surface area contributed by atoms with Gasteiger partial charge in [0, 0.05) is 23.3 Å². The summed E-state index contributed by atoms with van der Waals surface area (Å²) in [4.78, 5) is 4.06. The summed E-state index contributed by atoms with van der Waals surface area (Å²) in [6, 6.07) is 9.23. The molecule has 0 radical (unpaired) electrons. The Balaban J connectivity index is 2.23. The predicted molar refractivity (Wildman–Crippen MR) is 68.5 cm³/mol. The minimum Gasteiger partial charge on any atom is -0.455 e. The van der Waals surface area contributed by atoms with Crippen LogP contribution in [-0.2, 0) is 6.54 Å². The Labute approximate surface area is 105 Å². The Morgan fingerprint density at radius 3 is 3.00 bits per heavy atom. The van der Waals surface area contributed by atoms with E-state index in [1.54, 1.807) is 18.5 Å². The van der Waals surface area contributed by atoms with Gasteiger partial charge in [0.25, 0.3) is 0 Å². The zero-order valence-corrected chi connectivity index (χ0v) is 10.2. The van der Waals surface area contributed by atoms with Gasteiger partial charge < -0.3 is 10.1 Å². The second-order valence-electron chi connectivity index (χ2n) is 3.57. The average Bonchev–Trinajstić information content (AvgIpc) is 2.32. The minimum atomic E-state index is 0.654. The van der Waals surface area contributed by atoms with E-state index in [2.05, 4.69) is 10.3 Å². The van der Waals surface area contributed by atoms with Crippen molar-refractivity contribution in [2.75, 3.05) is 7.05 Å². The lowest BCUT2D eigenvalue weighted by Gasteiger charge is -2.10. The molecule has 0 unspecified atom stereocenters. The summed E-state index contributed by atoms with van der Waals surface area (Å²) in [5, 5.41) is 3.74. The summed E-state index contributed by atoms with van der Waals surface area (Å²) in [5.41, 5.74) is 1.06. The summed E-state index contributed by atoms with van der Waals surface area (Å²) in [5.74, 6) is 1.45. The highest BCUT2D eigenvalue weighted by molar-refractivity contribution is 6.30. The van der Waals surface area contributed by atoms with Gasteiger partial charge >= 0.3 is 0 Å². The molecule has 1 aromatic heterocycles. The molecule has 1 aromatic carbocycles. The summed E-state index contributed by atoms with van der Waals surface area (Å²) < 4.78 is 5.76. The normalized spacial score (nSPS) is 10.2. The molecule has 0 amide bonds. The molecule has 0 spiro atoms. The summed E-state index contributed by atoms with van der Waals surface area (Å²) >= 11 is 5.90. The monoisotopic (exact) mass is 248 g/mol. The van der Waals surface area contributed by atoms with Gasteiger partial charge in [0.15, 0.2) is 0 Å². The third kappa shape index (κ3) is 3.19. The van der Waals surface area contributed by atoms with Crippen LogP contribution >= 0.6 is 11.6 Å². The van der Waals surface area contributed by atoms with Gasteiger partial charge in [-0.25, -0.2) is 0 Å². The van der Waals surface area contributed by atoms with Crippen LogP contribution in [-0.4, -0.2) is 12.0 Å². The van der Waals surface area contributed by atoms with Crippen LogP contribution in [0.2, 0.25) is 5.02 Å². The Morgan fingerprint density at radius 2 is 2.24 bits per heavy atom. The van der Waals surface area contributed by atoms with Gasteiger partial charge in [0.1, 0.15) is 11.5 Å². The number of nitrogens with zero attached hydrogens (tertiary/aromatic N) is 1. The number of nitrogens with one attached hydrogen (secondary N) is 1. The highest BCUT2D eigenvalue weighted by atomic mass is 35.5. The van der Waals surface area contributed by atoms with Crippen molar-refractivity contribution in [2.45, 2.75) is 6.54 Å². The Hall–Kier alpha value is -1.58. The van der Waals surface area contributed by atoms with E-state index in [4.69, 9.17) is 16.3 Å². The van der Waals surface area contributed by atoms with Crippen LogP contribution in [0.4, 0.5) is 0 Å². The molecule has 17 heavy (non-hydrogen) atoms. The Morgan fingerprint density at radius 1 is 1.35 bits per heavy atom. The molecular formula is C13H13ClN2O. The molecule has 0 aliphatic carbocycles. The fraction of sp³-hybridized carbons (Fsp3) is 0.154. The molecule has 2 rings (SSSR count). The van der Waals surface area contributed by atoms with Crippen LogP contribution in [0.3, 0.4) is 0 Å². The van der Waals surface area contributed by atoms with Crippen molar-refractivity contribution in [1.29, 1.82) is 0 Å². The SMILES string of the molecule is CNCc1ccncc1Oc1cccc(Cl)c1. The van der Waals surface area contributed by atoms with E-state index < -0.39 is 0 Å². The number of aromatic nitrogens is 1. The predicted octanol–water partition coefficient (Wildman–Crippen LogP) is 3.25. The molecule has 3 nitrogen and oxygen atoms in total. The van der Waals surface area contributed by atoms with Crippen molar-refractivity contribution >= 4 is 11.6 Å². The first kappa shape index (κ1) is 11.9. The largest absolute Gasteiger partial charge is 0.455 e. The molecule has 88 valence electrons. The number of benzene rings is 1. The van der Waals surface area contributed by atoms with Crippen molar-refractivity contribution in [3.63, 3.8) is 0 Å². The zero-order valence-electron chi connectivity index (χ0n) is 9.48. The lowest BCUT2D eigenvalue weighted by atomic mass is 10.2. The van der Waals surface area contributed by atoms with Crippen LogP contribution in [0.5, 0.6) is 11.5 Å². The van der Waals surface area contributed by atoms with Gasteiger partial charge in [-0.1, -0.05) is 17.7 Å². The van der Waals surface area contributed by atoms with Crippen LogP contribution < -0.4 is 10.1 Å². The fourth-order valence-electron chi connectivity index (χ4n) is 1.49. The second-order valence-corrected chi connectivity index (χ2v) is 4.01. The molecular weight excluding hydrogens is 236 g/mol. The van der Waals surface area contributed by atoms with E-state index in [0.29, 0.717) is 10.8 Å². The quantitative estimate of drug-likeness (QED) is 0.902. The van der Waals surface area contributed by atoms with Gasteiger partial charge in [0.05, 0.1) is 6.20 Å². The molecule has 0 saturated heterocycles. The van der Waals surface area contributed by atoms with Crippen LogP contribution in [0.1, 0.15) is 5.56 Å². The Bertz CT molecular complexity index is 502. The third-order valence-electron chi connectivity index (χ3n) is 2.26. The molecule has 1 N–H and O–H groups in total. The first-order valence-electron chi connectivity index (χ1n) is 5.30. The highest BCUT2D eigenvalue weighted by Crippen LogP contribution is 2.26. The molecule has 4 heteroatoms. The number of halogens is 1. The maximum Gasteiger partial charge on any atom is 0.150 e. The van der Waals surface area contributed by atoms with Crippen molar-refractivity contribution in [3.05, 3.63) is 53.3 Å². The van der Waals surface area contributed by atoms with Crippen LogP contribution in [0.25, 0.3) is 0 Å². The number of rotatable bonds is 4. The third-order valence-corrected chi connectivity index (χ3v) is 2.50. The minimum absolute atomic E-state index is 0.654. The Kier molecular flexibility index (Phi) is 3.96. The molecule has 0 bridgehead atoms. The maximum absolute atomic E-state index is 5.90. The fourth-order valence-corrected chi connectivity index (χ4v) is 1.67. The summed E-state index contributed by atoms with van der Waals surface area (Å²) in [7, 11) is 1.89. The van der Waals surface area contributed by atoms with Crippen molar-refractivity contribution in [1.82, 2.24) is 10.3 Å². The van der Waals surface area contributed by atoms with Crippen molar-refractivity contribution in [2.24, 2.45) is 0 Å². The molecule has 0 fully saturated rings. The van der Waals surface area contributed by atoms with E-state index in [1.165, 1.54) is 0 Å². The average molecular weight is 249 g/mol. The maximum atomic E-state index is 5.90. The van der Waals surface area contributed by atoms with Crippen molar-refractivity contribution in [3.8, 4) is 11.5 Å². The standard InChI is InChI=1S/C13H13ClN2O/c1-15-8-10-5-6-16-9-13(10)17-12-4-2-3-11(14)7-12/h2-7,9,15H,8H2,1H3. The summed E-state index contributed by atoms with van der Waals surface area (Å²) in [6.45, 7) is 0.735. The lowest BCUT2D eigenvalue weighted by molar-refractivity contribution is 0.472. The van der Waals surface area contributed by atoms with Crippen LogP contribution in [0, 0.1) is 0 Å². The molecule has 1 heterocycles. The van der Waals surface area contributed by atoms with Crippen molar-refractivity contribution < 1.29 is 4.74 Å². The first-order valence-corrected chi connectivity index (χ1v) is 5.68. The van der Waals surface area contributed by atoms with Gasteiger partial charge in [-0.15, -0.1) is 0 Å². The molecule has 0 saturated carbocycles. The van der Waals surface area contributed by atoms with Gasteiger partial charge in [-0.05, 0) is 31.3 Å². The van der Waals surface area contributed by atoms with E-state index >= 15 is 0 Å². The van der Waals surface area contributed by atoms with E-state index in [-0.39, 0.29) is 0 Å². The smallest absolute Gasteiger partial charge is 0.150 e. The number of ether oxygens (including phenoxy) is 1. The molecule has 2 aromatic rings. The molecule has 0 aliphatic rings. The zero-order chi connectivity index (χ0) is 12.1. The molecule has 0 atom stereocenters. The van der Waals surface area contributed by atoms with E-state index in [1.807, 2.05) is 31.3 Å². The summed E-state index contributed by atoms with van der Waals surface area (Å²) in [6.07, 6.45) is 3.45. The lowest BCUT2D eigenvalue weighted by Crippen LogP contribution is -2.06. The highest BCUT2D eigenvalue weighted by Gasteiger charge is 2.04. The second kappa shape index (κ2) is 5.66. The van der Waals surface area contributed by atoms with Gasteiger partial charge in [0.2, 0.25) is 0 Å². The molecule has 0 aliphatic heterocycles. The number of hydrogen-bond donors (Lipinski definition) is 1. The van der Waals surface area contributed by atoms with Gasteiger partial charge in [-0.2, -0.15) is 0 Å². The number of pyridine rings is 1. The first-order chi connectivity index (χ1) is 8.29. The number of hydrogen-bond acceptors (Lipinski definition) is 3.